The van der Waals surface area contributed by atoms with E-state index in [4.69, 9.17) is 0 Å². The Bertz CT molecular complexity index is 513. The minimum Gasteiger partial charge on any atom is -0.308 e. The van der Waals surface area contributed by atoms with E-state index in [0.717, 1.165) is 21.6 Å². The van der Waals surface area contributed by atoms with Crippen LogP contribution in [0.4, 0.5) is 4.39 Å². The molecule has 5 heteroatoms. The van der Waals surface area contributed by atoms with Crippen molar-refractivity contribution in [2.24, 2.45) is 0 Å². The number of nitrogens with one attached hydrogen (secondary N) is 1. The Morgan fingerprint density at radius 2 is 2.24 bits per heavy atom. The van der Waals surface area contributed by atoms with Crippen LogP contribution in [0.5, 0.6) is 0 Å². The van der Waals surface area contributed by atoms with E-state index in [-0.39, 0.29) is 5.82 Å². The molecule has 0 aliphatic heterocycles. The summed E-state index contributed by atoms with van der Waals surface area (Å²) >= 11 is 5.08. The van der Waals surface area contributed by atoms with E-state index in [1.807, 2.05) is 13.1 Å². The first-order valence-corrected chi connectivity index (χ1v) is 6.82. The van der Waals surface area contributed by atoms with Crippen LogP contribution in [0.25, 0.3) is 0 Å². The van der Waals surface area contributed by atoms with E-state index in [1.165, 1.54) is 17.0 Å². The highest BCUT2D eigenvalue weighted by Gasteiger charge is 2.02. The molecule has 1 N–H and O–H groups in total. The standard InChI is InChI=1S/C12H12BrFN2S/c1-8-16-7-11(17-8)6-15-5-9-4-10(14)2-3-12(9)13/h2-4,7,15H,5-6H2,1H3. The molecule has 2 rings (SSSR count). The fourth-order valence-electron chi connectivity index (χ4n) is 1.49. The van der Waals surface area contributed by atoms with E-state index in [0.29, 0.717) is 6.54 Å². The molecule has 0 saturated heterocycles. The van der Waals surface area contributed by atoms with E-state index >= 15 is 0 Å². The molecule has 1 aromatic carbocycles. The number of hydrogen-bond acceptors (Lipinski definition) is 3. The smallest absolute Gasteiger partial charge is 0.123 e. The van der Waals surface area contributed by atoms with Crippen LogP contribution in [0.2, 0.25) is 0 Å². The van der Waals surface area contributed by atoms with E-state index in [9.17, 15) is 4.39 Å². The number of aryl methyl sites for hydroxylation is 1. The summed E-state index contributed by atoms with van der Waals surface area (Å²) in [5.41, 5.74) is 0.922. The number of thiazole rings is 1. The van der Waals surface area contributed by atoms with Crippen molar-refractivity contribution in [2.45, 2.75) is 20.0 Å². The van der Waals surface area contributed by atoms with Gasteiger partial charge in [-0.1, -0.05) is 15.9 Å². The third-order valence-corrected chi connectivity index (χ3v) is 3.98. The van der Waals surface area contributed by atoms with Crippen LogP contribution < -0.4 is 5.32 Å². The Morgan fingerprint density at radius 3 is 2.94 bits per heavy atom. The summed E-state index contributed by atoms with van der Waals surface area (Å²) in [6.07, 6.45) is 1.87. The summed E-state index contributed by atoms with van der Waals surface area (Å²) in [6.45, 7) is 3.38. The number of rotatable bonds is 4. The molecule has 0 fully saturated rings. The van der Waals surface area contributed by atoms with Gasteiger partial charge in [0.15, 0.2) is 0 Å². The minimum absolute atomic E-state index is 0.210. The Morgan fingerprint density at radius 1 is 1.41 bits per heavy atom. The van der Waals surface area contributed by atoms with E-state index < -0.39 is 0 Å². The number of benzene rings is 1. The van der Waals surface area contributed by atoms with Gasteiger partial charge in [-0.15, -0.1) is 11.3 Å². The van der Waals surface area contributed by atoms with Crippen molar-refractivity contribution in [2.75, 3.05) is 0 Å². The first-order chi connectivity index (χ1) is 8.15. The van der Waals surface area contributed by atoms with Crippen LogP contribution in [-0.2, 0) is 13.1 Å². The Balaban J connectivity index is 1.91. The van der Waals surface area contributed by atoms with Gasteiger partial charge in [0.1, 0.15) is 5.82 Å². The van der Waals surface area contributed by atoms with Crippen LogP contribution in [0.1, 0.15) is 15.4 Å². The third kappa shape index (κ3) is 3.59. The Hall–Kier alpha value is -0.780. The Kier molecular flexibility index (Phi) is 4.25. The van der Waals surface area contributed by atoms with Crippen LogP contribution >= 0.6 is 27.3 Å². The summed E-state index contributed by atoms with van der Waals surface area (Å²) in [5.74, 6) is -0.210. The summed E-state index contributed by atoms with van der Waals surface area (Å²) in [6, 6.07) is 4.71. The molecule has 17 heavy (non-hydrogen) atoms. The number of halogens is 2. The van der Waals surface area contributed by atoms with Gasteiger partial charge >= 0.3 is 0 Å². The maximum absolute atomic E-state index is 13.0. The normalized spacial score (nSPS) is 10.8. The molecule has 0 saturated carbocycles. The number of nitrogens with zero attached hydrogens (tertiary/aromatic N) is 1. The highest BCUT2D eigenvalue weighted by Crippen LogP contribution is 2.18. The average Bonchev–Trinajstić information content (AvgIpc) is 2.69. The van der Waals surface area contributed by atoms with Crippen molar-refractivity contribution in [1.82, 2.24) is 10.3 Å². The molecule has 0 unspecified atom stereocenters. The van der Waals surface area contributed by atoms with Crippen LogP contribution in [-0.4, -0.2) is 4.98 Å². The predicted octanol–water partition coefficient (Wildman–Crippen LogP) is 3.64. The zero-order valence-electron chi connectivity index (χ0n) is 9.34. The van der Waals surface area contributed by atoms with Gasteiger partial charge in [0, 0.05) is 28.6 Å². The lowest BCUT2D eigenvalue weighted by atomic mass is 10.2. The molecule has 2 aromatic rings. The SMILES string of the molecule is Cc1ncc(CNCc2cc(F)ccc2Br)s1. The van der Waals surface area contributed by atoms with Gasteiger partial charge in [0.2, 0.25) is 0 Å². The van der Waals surface area contributed by atoms with E-state index in [2.05, 4.69) is 26.2 Å². The fourth-order valence-corrected chi connectivity index (χ4v) is 2.64. The van der Waals surface area contributed by atoms with Crippen molar-refractivity contribution in [1.29, 1.82) is 0 Å². The van der Waals surface area contributed by atoms with Crippen molar-refractivity contribution in [3.05, 3.63) is 50.1 Å². The molecule has 0 amide bonds. The molecular formula is C12H12BrFN2S. The van der Waals surface area contributed by atoms with Crippen LogP contribution in [0.3, 0.4) is 0 Å². The zero-order chi connectivity index (χ0) is 12.3. The molecular weight excluding hydrogens is 303 g/mol. The van der Waals surface area contributed by atoms with Gasteiger partial charge in [-0.25, -0.2) is 9.37 Å². The van der Waals surface area contributed by atoms with Crippen molar-refractivity contribution >= 4 is 27.3 Å². The third-order valence-electron chi connectivity index (χ3n) is 2.29. The van der Waals surface area contributed by atoms with Gasteiger partial charge < -0.3 is 5.32 Å². The second-order valence-electron chi connectivity index (χ2n) is 3.68. The van der Waals surface area contributed by atoms with Crippen molar-refractivity contribution < 1.29 is 4.39 Å². The number of aromatic nitrogens is 1. The van der Waals surface area contributed by atoms with Gasteiger partial charge in [0.05, 0.1) is 5.01 Å². The monoisotopic (exact) mass is 314 g/mol. The zero-order valence-corrected chi connectivity index (χ0v) is 11.7. The lowest BCUT2D eigenvalue weighted by Crippen LogP contribution is -2.12. The highest BCUT2D eigenvalue weighted by molar-refractivity contribution is 9.10. The molecule has 0 aliphatic rings. The largest absolute Gasteiger partial charge is 0.308 e. The average molecular weight is 315 g/mol. The maximum Gasteiger partial charge on any atom is 0.123 e. The molecule has 0 atom stereocenters. The van der Waals surface area contributed by atoms with Crippen LogP contribution in [0, 0.1) is 12.7 Å². The van der Waals surface area contributed by atoms with Gasteiger partial charge in [-0.2, -0.15) is 0 Å². The minimum atomic E-state index is -0.210. The maximum atomic E-state index is 13.0. The van der Waals surface area contributed by atoms with Gasteiger partial charge in [-0.05, 0) is 30.7 Å². The highest BCUT2D eigenvalue weighted by atomic mass is 79.9. The van der Waals surface area contributed by atoms with E-state index in [1.54, 1.807) is 17.4 Å². The lowest BCUT2D eigenvalue weighted by Gasteiger charge is -2.05. The molecule has 2 nitrogen and oxygen atoms in total. The second kappa shape index (κ2) is 5.71. The second-order valence-corrected chi connectivity index (χ2v) is 5.86. The van der Waals surface area contributed by atoms with Gasteiger partial charge in [0.25, 0.3) is 0 Å². The molecule has 0 radical (unpaired) electrons. The Labute approximate surface area is 112 Å². The number of hydrogen-bond donors (Lipinski definition) is 1. The molecule has 0 spiro atoms. The van der Waals surface area contributed by atoms with Crippen molar-refractivity contribution in [3.63, 3.8) is 0 Å². The lowest BCUT2D eigenvalue weighted by molar-refractivity contribution is 0.619. The first kappa shape index (κ1) is 12.7. The topological polar surface area (TPSA) is 24.9 Å². The summed E-state index contributed by atoms with van der Waals surface area (Å²) in [4.78, 5) is 5.37. The summed E-state index contributed by atoms with van der Waals surface area (Å²) < 4.78 is 14.0. The van der Waals surface area contributed by atoms with Gasteiger partial charge in [-0.3, -0.25) is 0 Å². The summed E-state index contributed by atoms with van der Waals surface area (Å²) in [7, 11) is 0. The quantitative estimate of drug-likeness (QED) is 0.932. The van der Waals surface area contributed by atoms with Crippen molar-refractivity contribution in [3.8, 4) is 0 Å². The first-order valence-electron chi connectivity index (χ1n) is 5.21. The molecule has 1 aromatic heterocycles. The van der Waals surface area contributed by atoms with Crippen LogP contribution in [0.15, 0.2) is 28.9 Å². The molecule has 90 valence electrons. The predicted molar refractivity (Wildman–Crippen MR) is 71.5 cm³/mol. The molecule has 0 aliphatic carbocycles. The molecule has 0 bridgehead atoms. The fraction of sp³-hybridized carbons (Fsp3) is 0.250. The molecule has 1 heterocycles. The summed E-state index contributed by atoms with van der Waals surface area (Å²) in [5, 5.41) is 4.34.